The Morgan fingerprint density at radius 1 is 1.23 bits per heavy atom. The second-order valence-electron chi connectivity index (χ2n) is 6.81. The van der Waals surface area contributed by atoms with Gasteiger partial charge in [0.1, 0.15) is 10.7 Å². The van der Waals surface area contributed by atoms with E-state index in [-0.39, 0.29) is 30.5 Å². The first-order valence-electron chi connectivity index (χ1n) is 9.22. The van der Waals surface area contributed by atoms with Crippen molar-refractivity contribution in [3.8, 4) is 0 Å². The largest absolute Gasteiger partial charge is 0.363 e. The Morgan fingerprint density at radius 2 is 1.93 bits per heavy atom. The smallest absolute Gasteiger partial charge is 0.294 e. The summed E-state index contributed by atoms with van der Waals surface area (Å²) in [6.07, 6.45) is 0.108. The summed E-state index contributed by atoms with van der Waals surface area (Å²) in [5.41, 5.74) is 6.14. The van der Waals surface area contributed by atoms with Gasteiger partial charge >= 0.3 is 0 Å². The standard InChI is InChI=1S/C18H21ClN6O4S/c1-12-11-30-18(20-12)9-16(26)21-22-17(27)10-23-4-6-24(7-5-23)14-3-2-13(19)8-15(14)25(28)29/h2-3,8,11H,4-7,9-10H2,1H3,(H,21,26)(H,22,27). The molecule has 1 aromatic heterocycles. The molecule has 10 nitrogen and oxygen atoms in total. The summed E-state index contributed by atoms with van der Waals surface area (Å²) in [7, 11) is 0. The minimum absolute atomic E-state index is 0.0353. The molecule has 2 aromatic rings. The van der Waals surface area contributed by atoms with Crippen LogP contribution in [-0.4, -0.2) is 59.3 Å². The van der Waals surface area contributed by atoms with E-state index in [0.717, 1.165) is 5.69 Å². The van der Waals surface area contributed by atoms with Crippen molar-refractivity contribution in [2.45, 2.75) is 13.3 Å². The fraction of sp³-hybridized carbons (Fsp3) is 0.389. The number of piperazine rings is 1. The number of carbonyl (C=O) groups is 2. The molecule has 2 amide bonds. The van der Waals surface area contributed by atoms with Crippen molar-refractivity contribution in [3.63, 3.8) is 0 Å². The normalized spacial score (nSPS) is 14.4. The fourth-order valence-corrected chi connectivity index (χ4v) is 4.04. The molecule has 3 rings (SSSR count). The third-order valence-corrected chi connectivity index (χ3v) is 5.74. The first-order chi connectivity index (χ1) is 14.3. The van der Waals surface area contributed by atoms with Gasteiger partial charge in [-0.05, 0) is 19.1 Å². The lowest BCUT2D eigenvalue weighted by molar-refractivity contribution is -0.384. The van der Waals surface area contributed by atoms with E-state index in [1.165, 1.54) is 17.4 Å². The number of halogens is 1. The van der Waals surface area contributed by atoms with Gasteiger partial charge in [0.05, 0.1) is 17.9 Å². The number of hydrogen-bond donors (Lipinski definition) is 2. The summed E-state index contributed by atoms with van der Waals surface area (Å²) in [5.74, 6) is -0.665. The molecule has 12 heteroatoms. The van der Waals surface area contributed by atoms with E-state index in [1.54, 1.807) is 12.1 Å². The van der Waals surface area contributed by atoms with Crippen molar-refractivity contribution < 1.29 is 14.5 Å². The zero-order valence-corrected chi connectivity index (χ0v) is 17.8. The van der Waals surface area contributed by atoms with Gasteiger partial charge in [0, 0.05) is 48.3 Å². The molecular formula is C18H21ClN6O4S. The summed E-state index contributed by atoms with van der Waals surface area (Å²) in [6, 6.07) is 4.61. The third kappa shape index (κ3) is 5.88. The lowest BCUT2D eigenvalue weighted by Gasteiger charge is -2.35. The maximum atomic E-state index is 12.1. The first-order valence-corrected chi connectivity index (χ1v) is 10.5. The number of aromatic nitrogens is 1. The van der Waals surface area contributed by atoms with Gasteiger partial charge in [-0.25, -0.2) is 4.98 Å². The SMILES string of the molecule is Cc1csc(CC(=O)NNC(=O)CN2CCN(c3ccc(Cl)cc3[N+](=O)[O-])CC2)n1. The molecule has 2 N–H and O–H groups in total. The lowest BCUT2D eigenvalue weighted by Crippen LogP contribution is -2.52. The Bertz CT molecular complexity index is 945. The van der Waals surface area contributed by atoms with Crippen molar-refractivity contribution >= 4 is 46.1 Å². The molecule has 0 radical (unpaired) electrons. The van der Waals surface area contributed by atoms with Crippen LogP contribution in [0.2, 0.25) is 5.02 Å². The maximum Gasteiger partial charge on any atom is 0.294 e. The Morgan fingerprint density at radius 3 is 2.57 bits per heavy atom. The molecule has 2 heterocycles. The van der Waals surface area contributed by atoms with Gasteiger partial charge in [0.15, 0.2) is 0 Å². The van der Waals surface area contributed by atoms with E-state index in [9.17, 15) is 19.7 Å². The summed E-state index contributed by atoms with van der Waals surface area (Å²) >= 11 is 7.27. The molecule has 0 unspecified atom stereocenters. The maximum absolute atomic E-state index is 12.1. The van der Waals surface area contributed by atoms with Crippen LogP contribution < -0.4 is 15.8 Å². The minimum Gasteiger partial charge on any atom is -0.363 e. The quantitative estimate of drug-likeness (QED) is 0.503. The molecule has 0 saturated carbocycles. The van der Waals surface area contributed by atoms with Gasteiger partial charge in [-0.15, -0.1) is 11.3 Å². The van der Waals surface area contributed by atoms with Crippen LogP contribution >= 0.6 is 22.9 Å². The second-order valence-corrected chi connectivity index (χ2v) is 8.19. The number of nitrogens with one attached hydrogen (secondary N) is 2. The predicted molar refractivity (Wildman–Crippen MR) is 114 cm³/mol. The number of aryl methyl sites for hydroxylation is 1. The average Bonchev–Trinajstić information content (AvgIpc) is 3.11. The Labute approximate surface area is 181 Å². The summed E-state index contributed by atoms with van der Waals surface area (Å²) < 4.78 is 0. The van der Waals surface area contributed by atoms with Crippen molar-refractivity contribution in [1.82, 2.24) is 20.7 Å². The minimum atomic E-state index is -0.448. The van der Waals surface area contributed by atoms with Gasteiger partial charge < -0.3 is 4.90 Å². The van der Waals surface area contributed by atoms with Gasteiger partial charge in [-0.1, -0.05) is 11.6 Å². The van der Waals surface area contributed by atoms with Gasteiger partial charge in [0.2, 0.25) is 5.91 Å². The van der Waals surface area contributed by atoms with Gasteiger partial charge in [-0.2, -0.15) is 0 Å². The molecule has 1 aromatic carbocycles. The number of thiazole rings is 1. The molecule has 0 bridgehead atoms. The molecule has 1 aliphatic heterocycles. The van der Waals surface area contributed by atoms with Crippen LogP contribution in [0.15, 0.2) is 23.6 Å². The number of hydrogen-bond acceptors (Lipinski definition) is 8. The predicted octanol–water partition coefficient (Wildman–Crippen LogP) is 1.53. The third-order valence-electron chi connectivity index (χ3n) is 4.53. The first kappa shape index (κ1) is 21.9. The van der Waals surface area contributed by atoms with E-state index in [2.05, 4.69) is 15.8 Å². The van der Waals surface area contributed by atoms with E-state index >= 15 is 0 Å². The fourth-order valence-electron chi connectivity index (χ4n) is 3.10. The van der Waals surface area contributed by atoms with Crippen molar-refractivity contribution in [2.24, 2.45) is 0 Å². The number of nitro benzene ring substituents is 1. The van der Waals surface area contributed by atoms with Crippen molar-refractivity contribution in [2.75, 3.05) is 37.6 Å². The number of anilines is 1. The topological polar surface area (TPSA) is 121 Å². The molecule has 1 fully saturated rings. The van der Waals surface area contributed by atoms with Crippen LogP contribution in [-0.2, 0) is 16.0 Å². The molecule has 0 atom stereocenters. The Kier molecular flexibility index (Phi) is 7.19. The van der Waals surface area contributed by atoms with Gasteiger partial charge in [0.25, 0.3) is 11.6 Å². The molecule has 1 aliphatic rings. The highest BCUT2D eigenvalue weighted by molar-refractivity contribution is 7.09. The molecule has 1 saturated heterocycles. The van der Waals surface area contributed by atoms with E-state index in [0.29, 0.717) is 41.9 Å². The van der Waals surface area contributed by atoms with Crippen LogP contribution in [0.4, 0.5) is 11.4 Å². The molecule has 30 heavy (non-hydrogen) atoms. The average molecular weight is 453 g/mol. The highest BCUT2D eigenvalue weighted by Crippen LogP contribution is 2.31. The highest BCUT2D eigenvalue weighted by atomic mass is 35.5. The monoisotopic (exact) mass is 452 g/mol. The van der Waals surface area contributed by atoms with Crippen molar-refractivity contribution in [1.29, 1.82) is 0 Å². The lowest BCUT2D eigenvalue weighted by atomic mass is 10.2. The number of nitrogens with zero attached hydrogens (tertiary/aromatic N) is 4. The zero-order chi connectivity index (χ0) is 21.7. The zero-order valence-electron chi connectivity index (χ0n) is 16.3. The molecule has 160 valence electrons. The van der Waals surface area contributed by atoms with E-state index < -0.39 is 4.92 Å². The number of carbonyl (C=O) groups excluding carboxylic acids is 2. The van der Waals surface area contributed by atoms with Crippen LogP contribution in [0.3, 0.4) is 0 Å². The van der Waals surface area contributed by atoms with Crippen LogP contribution in [0.1, 0.15) is 10.7 Å². The highest BCUT2D eigenvalue weighted by Gasteiger charge is 2.25. The van der Waals surface area contributed by atoms with Crippen LogP contribution in [0.25, 0.3) is 0 Å². The Balaban J connectivity index is 1.44. The van der Waals surface area contributed by atoms with E-state index in [1.807, 2.05) is 22.1 Å². The van der Waals surface area contributed by atoms with Crippen LogP contribution in [0.5, 0.6) is 0 Å². The molecule has 0 aliphatic carbocycles. The van der Waals surface area contributed by atoms with Gasteiger partial charge in [-0.3, -0.25) is 35.5 Å². The number of rotatable bonds is 6. The second kappa shape index (κ2) is 9.83. The van der Waals surface area contributed by atoms with Crippen LogP contribution in [0, 0.1) is 17.0 Å². The summed E-state index contributed by atoms with van der Waals surface area (Å²) in [5, 5.41) is 14.1. The van der Waals surface area contributed by atoms with E-state index in [4.69, 9.17) is 11.6 Å². The number of benzene rings is 1. The number of amides is 2. The summed E-state index contributed by atoms with van der Waals surface area (Å²) in [6.45, 7) is 4.15. The number of hydrazine groups is 1. The number of nitro groups is 1. The van der Waals surface area contributed by atoms with Crippen molar-refractivity contribution in [3.05, 3.63) is 49.4 Å². The molecule has 0 spiro atoms. The Hall–Kier alpha value is -2.76. The summed E-state index contributed by atoms with van der Waals surface area (Å²) in [4.78, 5) is 42.9. The molecular weight excluding hydrogens is 432 g/mol.